The van der Waals surface area contributed by atoms with Crippen LogP contribution in [0.1, 0.15) is 5.56 Å². The minimum atomic E-state index is -0.240. The lowest BCUT2D eigenvalue weighted by Gasteiger charge is -2.46. The maximum absolute atomic E-state index is 13.3. The molecule has 0 unspecified atom stereocenters. The monoisotopic (exact) mass is 316 g/mol. The Labute approximate surface area is 135 Å². The van der Waals surface area contributed by atoms with Gasteiger partial charge in [-0.1, -0.05) is 6.07 Å². The second-order valence-electron chi connectivity index (χ2n) is 6.27. The van der Waals surface area contributed by atoms with Crippen LogP contribution < -0.4 is 0 Å². The Hall–Kier alpha value is -1.76. The molecular formula is C17H21FN4O. The van der Waals surface area contributed by atoms with Crippen LogP contribution in [-0.2, 0) is 11.3 Å². The van der Waals surface area contributed by atoms with Crippen LogP contribution in [0.4, 0.5) is 4.39 Å². The van der Waals surface area contributed by atoms with Crippen molar-refractivity contribution >= 4 is 0 Å². The van der Waals surface area contributed by atoms with E-state index < -0.39 is 0 Å². The normalized spacial score (nSPS) is 20.6. The standard InChI is InChI=1S/C17H21FN4O/c18-15-2-1-3-16(8-15)22-11-14(9-19-22)10-20-12-17(13-20)21-4-6-23-7-5-21/h1-3,8-9,11,17H,4-7,10,12-13H2. The van der Waals surface area contributed by atoms with E-state index in [-0.39, 0.29) is 5.82 Å². The minimum Gasteiger partial charge on any atom is -0.379 e. The average Bonchev–Trinajstić information content (AvgIpc) is 3.00. The first-order valence-electron chi connectivity index (χ1n) is 8.11. The highest BCUT2D eigenvalue weighted by atomic mass is 19.1. The zero-order valence-corrected chi connectivity index (χ0v) is 13.1. The largest absolute Gasteiger partial charge is 0.379 e. The van der Waals surface area contributed by atoms with Crippen molar-refractivity contribution in [2.24, 2.45) is 0 Å². The number of nitrogens with zero attached hydrogens (tertiary/aromatic N) is 4. The molecule has 1 aromatic heterocycles. The van der Waals surface area contributed by atoms with E-state index in [0.717, 1.165) is 57.2 Å². The third kappa shape index (κ3) is 3.29. The second-order valence-corrected chi connectivity index (χ2v) is 6.27. The molecule has 1 aromatic carbocycles. The molecule has 122 valence electrons. The molecule has 2 aliphatic rings. The van der Waals surface area contributed by atoms with Crippen molar-refractivity contribution in [2.45, 2.75) is 12.6 Å². The van der Waals surface area contributed by atoms with Gasteiger partial charge in [0.25, 0.3) is 0 Å². The highest BCUT2D eigenvalue weighted by molar-refractivity contribution is 5.31. The number of ether oxygens (including phenoxy) is 1. The summed E-state index contributed by atoms with van der Waals surface area (Å²) in [6.07, 6.45) is 3.85. The molecule has 2 saturated heterocycles. The first-order valence-corrected chi connectivity index (χ1v) is 8.11. The number of halogens is 1. The number of aromatic nitrogens is 2. The molecule has 0 aliphatic carbocycles. The molecule has 6 heteroatoms. The summed E-state index contributed by atoms with van der Waals surface area (Å²) in [7, 11) is 0. The van der Waals surface area contributed by atoms with Gasteiger partial charge in [-0.05, 0) is 18.2 Å². The number of morpholine rings is 1. The van der Waals surface area contributed by atoms with Crippen LogP contribution in [0.2, 0.25) is 0 Å². The number of likely N-dealkylation sites (tertiary alicyclic amines) is 1. The Balaban J connectivity index is 1.32. The first-order chi connectivity index (χ1) is 11.3. The first kappa shape index (κ1) is 14.8. The van der Waals surface area contributed by atoms with Crippen molar-refractivity contribution in [1.82, 2.24) is 19.6 Å². The van der Waals surface area contributed by atoms with Crippen molar-refractivity contribution in [2.75, 3.05) is 39.4 Å². The zero-order chi connectivity index (χ0) is 15.6. The van der Waals surface area contributed by atoms with E-state index in [1.165, 1.54) is 12.1 Å². The lowest BCUT2D eigenvalue weighted by Crippen LogP contribution is -2.60. The Morgan fingerprint density at radius 2 is 2.04 bits per heavy atom. The van der Waals surface area contributed by atoms with Gasteiger partial charge < -0.3 is 4.74 Å². The zero-order valence-electron chi connectivity index (χ0n) is 13.1. The van der Waals surface area contributed by atoms with Gasteiger partial charge in [-0.25, -0.2) is 9.07 Å². The molecule has 5 nitrogen and oxygen atoms in total. The molecule has 2 aromatic rings. The van der Waals surface area contributed by atoms with Gasteiger partial charge in [-0.3, -0.25) is 9.80 Å². The van der Waals surface area contributed by atoms with Crippen molar-refractivity contribution in [3.05, 3.63) is 48.0 Å². The van der Waals surface area contributed by atoms with Crippen LogP contribution in [0.3, 0.4) is 0 Å². The number of rotatable bonds is 4. The summed E-state index contributed by atoms with van der Waals surface area (Å²) in [4.78, 5) is 4.95. The molecule has 0 radical (unpaired) electrons. The molecule has 0 amide bonds. The summed E-state index contributed by atoms with van der Waals surface area (Å²) < 4.78 is 20.4. The summed E-state index contributed by atoms with van der Waals surface area (Å²) in [6, 6.07) is 7.16. The van der Waals surface area contributed by atoms with Gasteiger partial charge in [0.1, 0.15) is 5.82 Å². The summed E-state index contributed by atoms with van der Waals surface area (Å²) in [5.41, 5.74) is 1.92. The Morgan fingerprint density at radius 3 is 2.83 bits per heavy atom. The van der Waals surface area contributed by atoms with E-state index in [1.54, 1.807) is 10.7 Å². The highest BCUT2D eigenvalue weighted by Crippen LogP contribution is 2.19. The van der Waals surface area contributed by atoms with E-state index in [2.05, 4.69) is 14.9 Å². The van der Waals surface area contributed by atoms with Crippen LogP contribution in [0, 0.1) is 5.82 Å². The minimum absolute atomic E-state index is 0.240. The number of benzene rings is 1. The van der Waals surface area contributed by atoms with Crippen molar-refractivity contribution < 1.29 is 9.13 Å². The van der Waals surface area contributed by atoms with Gasteiger partial charge >= 0.3 is 0 Å². The Bertz CT molecular complexity index is 662. The molecule has 0 N–H and O–H groups in total. The summed E-state index contributed by atoms with van der Waals surface area (Å²) in [6.45, 7) is 6.92. The Kier molecular flexibility index (Phi) is 4.11. The third-order valence-corrected chi connectivity index (χ3v) is 4.61. The predicted molar refractivity (Wildman–Crippen MR) is 85.0 cm³/mol. The molecule has 0 saturated carbocycles. The van der Waals surface area contributed by atoms with E-state index in [4.69, 9.17) is 4.74 Å². The lowest BCUT2D eigenvalue weighted by atomic mass is 10.1. The summed E-state index contributed by atoms with van der Waals surface area (Å²) >= 11 is 0. The van der Waals surface area contributed by atoms with Crippen LogP contribution in [0.15, 0.2) is 36.7 Å². The number of hydrogen-bond donors (Lipinski definition) is 0. The maximum atomic E-state index is 13.3. The van der Waals surface area contributed by atoms with Crippen LogP contribution in [0.5, 0.6) is 0 Å². The van der Waals surface area contributed by atoms with Gasteiger partial charge in [0, 0.05) is 50.5 Å². The van der Waals surface area contributed by atoms with Gasteiger partial charge in [-0.2, -0.15) is 5.10 Å². The van der Waals surface area contributed by atoms with Gasteiger partial charge in [0.2, 0.25) is 0 Å². The van der Waals surface area contributed by atoms with Crippen molar-refractivity contribution in [3.63, 3.8) is 0 Å². The molecule has 4 rings (SSSR count). The molecule has 0 atom stereocenters. The van der Waals surface area contributed by atoms with Gasteiger partial charge in [0.15, 0.2) is 0 Å². The fraction of sp³-hybridized carbons (Fsp3) is 0.471. The SMILES string of the molecule is Fc1cccc(-n2cc(CN3CC(N4CCOCC4)C3)cn2)c1. The molecule has 0 spiro atoms. The molecular weight excluding hydrogens is 295 g/mol. The van der Waals surface area contributed by atoms with Crippen LogP contribution >= 0.6 is 0 Å². The van der Waals surface area contributed by atoms with Crippen LogP contribution in [0.25, 0.3) is 5.69 Å². The predicted octanol–water partition coefficient (Wildman–Crippen LogP) is 1.53. The van der Waals surface area contributed by atoms with E-state index >= 15 is 0 Å². The third-order valence-electron chi connectivity index (χ3n) is 4.61. The molecule has 3 heterocycles. The maximum Gasteiger partial charge on any atom is 0.125 e. The number of hydrogen-bond acceptors (Lipinski definition) is 4. The molecule has 0 bridgehead atoms. The van der Waals surface area contributed by atoms with Crippen molar-refractivity contribution in [1.29, 1.82) is 0 Å². The van der Waals surface area contributed by atoms with Gasteiger partial charge in [0.05, 0.1) is 25.1 Å². The lowest BCUT2D eigenvalue weighted by molar-refractivity contribution is -0.0344. The molecule has 23 heavy (non-hydrogen) atoms. The quantitative estimate of drug-likeness (QED) is 0.856. The van der Waals surface area contributed by atoms with E-state index in [9.17, 15) is 4.39 Å². The summed E-state index contributed by atoms with van der Waals surface area (Å²) in [5, 5.41) is 4.34. The topological polar surface area (TPSA) is 33.5 Å². The van der Waals surface area contributed by atoms with Gasteiger partial charge in [-0.15, -0.1) is 0 Å². The second kappa shape index (κ2) is 6.39. The fourth-order valence-electron chi connectivity index (χ4n) is 3.31. The molecule has 2 aliphatic heterocycles. The average molecular weight is 316 g/mol. The highest BCUT2D eigenvalue weighted by Gasteiger charge is 2.32. The molecule has 2 fully saturated rings. The van der Waals surface area contributed by atoms with Crippen LogP contribution in [-0.4, -0.2) is 65.0 Å². The van der Waals surface area contributed by atoms with E-state index in [0.29, 0.717) is 6.04 Å². The smallest absolute Gasteiger partial charge is 0.125 e. The Morgan fingerprint density at radius 1 is 1.22 bits per heavy atom. The van der Waals surface area contributed by atoms with Crippen molar-refractivity contribution in [3.8, 4) is 5.69 Å². The van der Waals surface area contributed by atoms with E-state index in [1.807, 2.05) is 18.5 Å². The summed E-state index contributed by atoms with van der Waals surface area (Å²) in [5.74, 6) is -0.240. The fourth-order valence-corrected chi connectivity index (χ4v) is 3.31.